The highest BCUT2D eigenvalue weighted by Crippen LogP contribution is 2.27. The Morgan fingerprint density at radius 3 is 2.53 bits per heavy atom. The highest BCUT2D eigenvalue weighted by Gasteiger charge is 2.25. The maximum absolute atomic E-state index is 9.86. The summed E-state index contributed by atoms with van der Waals surface area (Å²) in [5.74, 6) is 0.788. The Morgan fingerprint density at radius 2 is 2.00 bits per heavy atom. The Morgan fingerprint density at radius 1 is 1.33 bits per heavy atom. The first-order valence-corrected chi connectivity index (χ1v) is 6.19. The Hall–Kier alpha value is -0.0800. The van der Waals surface area contributed by atoms with E-state index in [1.807, 2.05) is 20.8 Å². The third kappa shape index (κ3) is 4.52. The number of hydrogen-bond donors (Lipinski definition) is 1. The van der Waals surface area contributed by atoms with Crippen LogP contribution >= 0.6 is 0 Å². The van der Waals surface area contributed by atoms with Gasteiger partial charge in [0, 0.05) is 0 Å². The van der Waals surface area contributed by atoms with Gasteiger partial charge >= 0.3 is 0 Å². The van der Waals surface area contributed by atoms with Crippen LogP contribution in [0.5, 0.6) is 0 Å². The molecular weight excluding hydrogens is 188 g/mol. The van der Waals surface area contributed by atoms with Gasteiger partial charge in [-0.2, -0.15) is 0 Å². The third-order valence-electron chi connectivity index (χ3n) is 3.38. The average Bonchev–Trinajstić information content (AvgIpc) is 2.12. The molecule has 1 saturated carbocycles. The first-order chi connectivity index (χ1) is 6.89. The van der Waals surface area contributed by atoms with Crippen LogP contribution in [-0.4, -0.2) is 23.9 Å². The highest BCUT2D eigenvalue weighted by atomic mass is 16.5. The minimum atomic E-state index is -0.352. The normalized spacial score (nSPS) is 30.2. The van der Waals surface area contributed by atoms with Crippen LogP contribution in [0.25, 0.3) is 0 Å². The lowest BCUT2D eigenvalue weighted by Gasteiger charge is -2.31. The van der Waals surface area contributed by atoms with Crippen molar-refractivity contribution in [3.8, 4) is 0 Å². The van der Waals surface area contributed by atoms with Gasteiger partial charge in [-0.1, -0.05) is 40.5 Å². The first-order valence-electron chi connectivity index (χ1n) is 6.19. The van der Waals surface area contributed by atoms with Crippen molar-refractivity contribution in [1.82, 2.24) is 0 Å². The molecule has 0 aromatic rings. The van der Waals surface area contributed by atoms with Crippen LogP contribution in [0.2, 0.25) is 0 Å². The van der Waals surface area contributed by atoms with Gasteiger partial charge in [0.2, 0.25) is 0 Å². The number of hydrogen-bond acceptors (Lipinski definition) is 2. The average molecular weight is 214 g/mol. The molecular formula is C13H26O2. The fourth-order valence-electron chi connectivity index (χ4n) is 2.01. The molecule has 0 aromatic heterocycles. The van der Waals surface area contributed by atoms with E-state index in [1.165, 1.54) is 19.3 Å². The molecule has 0 aromatic carbocycles. The van der Waals surface area contributed by atoms with E-state index < -0.39 is 0 Å². The number of aliphatic hydroxyl groups is 1. The van der Waals surface area contributed by atoms with Gasteiger partial charge in [-0.25, -0.2) is 0 Å². The van der Waals surface area contributed by atoms with E-state index in [0.29, 0.717) is 12.7 Å². The standard InChI is InChI=1S/C13H26O2/c1-10-6-5-7-11(8-10)15-9-12(14)13(2,3)4/h10-12,14H,5-9H2,1-4H3. The van der Waals surface area contributed by atoms with Gasteiger partial charge in [0.25, 0.3) is 0 Å². The molecule has 0 aliphatic heterocycles. The first kappa shape index (κ1) is 13.0. The van der Waals surface area contributed by atoms with E-state index >= 15 is 0 Å². The van der Waals surface area contributed by atoms with Crippen molar-refractivity contribution in [3.63, 3.8) is 0 Å². The van der Waals surface area contributed by atoms with Crippen LogP contribution in [0.4, 0.5) is 0 Å². The zero-order valence-electron chi connectivity index (χ0n) is 10.6. The van der Waals surface area contributed by atoms with Crippen molar-refractivity contribution in [1.29, 1.82) is 0 Å². The molecule has 0 spiro atoms. The zero-order chi connectivity index (χ0) is 11.5. The molecule has 0 bridgehead atoms. The summed E-state index contributed by atoms with van der Waals surface area (Å²) in [5.41, 5.74) is -0.0692. The van der Waals surface area contributed by atoms with E-state index in [1.54, 1.807) is 0 Å². The molecule has 0 saturated heterocycles. The maximum atomic E-state index is 9.86. The minimum Gasteiger partial charge on any atom is -0.390 e. The Kier molecular flexibility index (Phi) is 4.60. The third-order valence-corrected chi connectivity index (χ3v) is 3.38. The van der Waals surface area contributed by atoms with Crippen LogP contribution in [0, 0.1) is 11.3 Å². The van der Waals surface area contributed by atoms with Crippen molar-refractivity contribution in [2.24, 2.45) is 11.3 Å². The molecule has 3 unspecified atom stereocenters. The molecule has 2 heteroatoms. The van der Waals surface area contributed by atoms with Crippen molar-refractivity contribution in [2.75, 3.05) is 6.61 Å². The van der Waals surface area contributed by atoms with Crippen molar-refractivity contribution in [3.05, 3.63) is 0 Å². The monoisotopic (exact) mass is 214 g/mol. The summed E-state index contributed by atoms with van der Waals surface area (Å²) in [5, 5.41) is 9.86. The molecule has 0 radical (unpaired) electrons. The highest BCUT2D eigenvalue weighted by molar-refractivity contribution is 4.75. The van der Waals surface area contributed by atoms with Gasteiger partial charge in [-0.3, -0.25) is 0 Å². The fraction of sp³-hybridized carbons (Fsp3) is 1.00. The molecule has 0 heterocycles. The van der Waals surface area contributed by atoms with Crippen LogP contribution < -0.4 is 0 Å². The molecule has 0 amide bonds. The van der Waals surface area contributed by atoms with Crippen LogP contribution in [0.3, 0.4) is 0 Å². The van der Waals surface area contributed by atoms with Gasteiger partial charge < -0.3 is 9.84 Å². The Bertz CT molecular complexity index is 183. The number of ether oxygens (including phenoxy) is 1. The Balaban J connectivity index is 2.24. The Labute approximate surface area is 94.0 Å². The summed E-state index contributed by atoms with van der Waals surface area (Å²) in [6, 6.07) is 0. The summed E-state index contributed by atoms with van der Waals surface area (Å²) in [7, 11) is 0. The van der Waals surface area contributed by atoms with E-state index in [-0.39, 0.29) is 11.5 Å². The summed E-state index contributed by atoms with van der Waals surface area (Å²) in [6.07, 6.45) is 4.97. The number of aliphatic hydroxyl groups excluding tert-OH is 1. The van der Waals surface area contributed by atoms with Gasteiger partial charge in [0.15, 0.2) is 0 Å². The molecule has 1 rings (SSSR count). The zero-order valence-corrected chi connectivity index (χ0v) is 10.6. The molecule has 3 atom stereocenters. The predicted molar refractivity (Wildman–Crippen MR) is 62.8 cm³/mol. The van der Waals surface area contributed by atoms with Gasteiger partial charge in [-0.15, -0.1) is 0 Å². The van der Waals surface area contributed by atoms with E-state index in [4.69, 9.17) is 4.74 Å². The molecule has 90 valence electrons. The van der Waals surface area contributed by atoms with Crippen LogP contribution in [-0.2, 0) is 4.74 Å². The molecule has 1 N–H and O–H groups in total. The molecule has 2 nitrogen and oxygen atoms in total. The van der Waals surface area contributed by atoms with Crippen LogP contribution in [0.1, 0.15) is 53.4 Å². The van der Waals surface area contributed by atoms with Gasteiger partial charge in [-0.05, 0) is 24.2 Å². The second kappa shape index (κ2) is 5.31. The van der Waals surface area contributed by atoms with Crippen LogP contribution in [0.15, 0.2) is 0 Å². The maximum Gasteiger partial charge on any atom is 0.0821 e. The van der Waals surface area contributed by atoms with Gasteiger partial charge in [0.05, 0.1) is 18.8 Å². The number of rotatable bonds is 3. The summed E-state index contributed by atoms with van der Waals surface area (Å²) in [4.78, 5) is 0. The second-order valence-electron chi connectivity index (χ2n) is 6.11. The largest absolute Gasteiger partial charge is 0.390 e. The van der Waals surface area contributed by atoms with Gasteiger partial charge in [0.1, 0.15) is 0 Å². The SMILES string of the molecule is CC1CCCC(OCC(O)C(C)(C)C)C1. The van der Waals surface area contributed by atoms with E-state index in [9.17, 15) is 5.11 Å². The van der Waals surface area contributed by atoms with E-state index in [2.05, 4.69) is 6.92 Å². The molecule has 1 fully saturated rings. The minimum absolute atomic E-state index is 0.0692. The summed E-state index contributed by atoms with van der Waals surface area (Å²) in [6.45, 7) is 8.91. The van der Waals surface area contributed by atoms with E-state index in [0.717, 1.165) is 12.3 Å². The molecule has 15 heavy (non-hydrogen) atoms. The lowest BCUT2D eigenvalue weighted by molar-refractivity contribution is -0.0637. The summed E-state index contributed by atoms with van der Waals surface area (Å²) < 4.78 is 5.79. The molecule has 1 aliphatic carbocycles. The van der Waals surface area contributed by atoms with Crippen molar-refractivity contribution in [2.45, 2.75) is 65.6 Å². The lowest BCUT2D eigenvalue weighted by Crippen LogP contribution is -2.33. The topological polar surface area (TPSA) is 29.5 Å². The second-order valence-corrected chi connectivity index (χ2v) is 6.11. The molecule has 1 aliphatic rings. The smallest absolute Gasteiger partial charge is 0.0821 e. The quantitative estimate of drug-likeness (QED) is 0.782. The lowest BCUT2D eigenvalue weighted by atomic mass is 9.88. The van der Waals surface area contributed by atoms with Crippen molar-refractivity contribution < 1.29 is 9.84 Å². The fourth-order valence-corrected chi connectivity index (χ4v) is 2.01. The van der Waals surface area contributed by atoms with Crippen molar-refractivity contribution >= 4 is 0 Å². The predicted octanol–water partition coefficient (Wildman–Crippen LogP) is 2.99. The summed E-state index contributed by atoms with van der Waals surface area (Å²) >= 11 is 0.